The molecule has 0 bridgehead atoms. The van der Waals surface area contributed by atoms with Crippen LogP contribution >= 0.6 is 0 Å². The van der Waals surface area contributed by atoms with Crippen molar-refractivity contribution >= 4 is 23.3 Å². The van der Waals surface area contributed by atoms with Crippen LogP contribution in [-0.2, 0) is 17.6 Å². The number of nitrogens with zero attached hydrogens (tertiary/aromatic N) is 2. The van der Waals surface area contributed by atoms with Crippen molar-refractivity contribution in [2.75, 3.05) is 23.0 Å². The molecule has 0 amide bonds. The number of aryl methyl sites for hydroxylation is 2. The molecule has 1 unspecified atom stereocenters. The third kappa shape index (κ3) is 12.9. The number of carbonyl (C=O) groups excluding carboxylic acids is 1. The number of carboxylic acid groups (broad SMARTS) is 1. The van der Waals surface area contributed by atoms with E-state index in [1.807, 2.05) is 0 Å². The number of carbonyl (C=O) groups is 2. The Bertz CT molecular complexity index is 1690. The first-order chi connectivity index (χ1) is 26.5. The molecule has 288 valence electrons. The van der Waals surface area contributed by atoms with Crippen LogP contribution in [0.1, 0.15) is 141 Å². The SMILES string of the molecule is C1=CN(c2ccccc2)C(c2ccccc2)N(c2ccccc2)C1.CCCCCCCCc1cc(C(=O)O)c(C(=O)OCC)cc1CCCCCCCC. The maximum Gasteiger partial charge on any atom is 0.339 e. The number of carboxylic acids is 1. The van der Waals surface area contributed by atoms with Gasteiger partial charge in [-0.1, -0.05) is 145 Å². The van der Waals surface area contributed by atoms with Crippen LogP contribution in [0.25, 0.3) is 0 Å². The van der Waals surface area contributed by atoms with E-state index in [1.54, 1.807) is 19.1 Å². The Balaban J connectivity index is 0.000000245. The fourth-order valence-corrected chi connectivity index (χ4v) is 7.17. The average molecular weight is 731 g/mol. The lowest BCUT2D eigenvalue weighted by Crippen LogP contribution is -2.42. The van der Waals surface area contributed by atoms with Gasteiger partial charge >= 0.3 is 11.9 Å². The van der Waals surface area contributed by atoms with Crippen LogP contribution in [0.3, 0.4) is 0 Å². The number of aromatic carboxylic acids is 1. The number of hydrogen-bond acceptors (Lipinski definition) is 5. The molecular formula is C48H62N2O4. The standard InChI is InChI=1S/C26H42O4.C22H20N2/c1-4-7-9-11-13-15-17-21-19-23(25(27)28)24(26(29)30-6-3)20-22(21)18-16-14-12-10-8-5-2;1-4-11-19(12-5-1)22-23(20-13-6-2-7-14-20)17-10-18-24(22)21-15-8-3-9-16-21/h19-20H,4-18H2,1-3H3,(H,27,28);1-17,22H,18H2. The number of para-hydroxylation sites is 2. The highest BCUT2D eigenvalue weighted by molar-refractivity contribution is 6.02. The van der Waals surface area contributed by atoms with E-state index in [-0.39, 0.29) is 23.9 Å². The van der Waals surface area contributed by atoms with Gasteiger partial charge in [-0.15, -0.1) is 0 Å². The third-order valence-corrected chi connectivity index (χ3v) is 10.0. The molecule has 54 heavy (non-hydrogen) atoms. The van der Waals surface area contributed by atoms with Crippen molar-refractivity contribution in [1.29, 1.82) is 0 Å². The van der Waals surface area contributed by atoms with Gasteiger partial charge in [-0.3, -0.25) is 0 Å². The Labute approximate surface area is 324 Å². The molecule has 0 fully saturated rings. The first-order valence-electron chi connectivity index (χ1n) is 20.4. The number of hydrogen-bond donors (Lipinski definition) is 1. The molecule has 4 aromatic carbocycles. The van der Waals surface area contributed by atoms with Gasteiger partial charge in [0.25, 0.3) is 0 Å². The minimum Gasteiger partial charge on any atom is -0.478 e. The summed E-state index contributed by atoms with van der Waals surface area (Å²) in [4.78, 5) is 28.9. The van der Waals surface area contributed by atoms with E-state index >= 15 is 0 Å². The summed E-state index contributed by atoms with van der Waals surface area (Å²) in [6, 6.07) is 35.4. The molecule has 1 aliphatic heterocycles. The van der Waals surface area contributed by atoms with Gasteiger partial charge in [0.2, 0.25) is 0 Å². The zero-order valence-electron chi connectivity index (χ0n) is 32.9. The van der Waals surface area contributed by atoms with Gasteiger partial charge in [0.15, 0.2) is 0 Å². The summed E-state index contributed by atoms with van der Waals surface area (Å²) < 4.78 is 5.12. The predicted octanol–water partition coefficient (Wildman–Crippen LogP) is 12.6. The lowest BCUT2D eigenvalue weighted by atomic mass is 9.91. The molecule has 0 spiro atoms. The lowest BCUT2D eigenvalue weighted by Gasteiger charge is -2.43. The molecule has 5 rings (SSSR count). The number of anilines is 2. The molecule has 1 aliphatic rings. The molecule has 0 saturated carbocycles. The van der Waals surface area contributed by atoms with Gasteiger partial charge in [-0.25, -0.2) is 9.59 Å². The number of ether oxygens (including phenoxy) is 1. The average Bonchev–Trinajstić information content (AvgIpc) is 3.21. The Morgan fingerprint density at radius 1 is 0.630 bits per heavy atom. The van der Waals surface area contributed by atoms with E-state index in [0.717, 1.165) is 43.4 Å². The maximum atomic E-state index is 12.4. The quantitative estimate of drug-likeness (QED) is 0.0721. The van der Waals surface area contributed by atoms with Gasteiger partial charge < -0.3 is 19.6 Å². The summed E-state index contributed by atoms with van der Waals surface area (Å²) in [6.45, 7) is 7.31. The van der Waals surface area contributed by atoms with Crippen molar-refractivity contribution in [2.45, 2.75) is 117 Å². The monoisotopic (exact) mass is 730 g/mol. The Morgan fingerprint density at radius 3 is 1.63 bits per heavy atom. The van der Waals surface area contributed by atoms with E-state index in [2.05, 4.69) is 127 Å². The Hall–Kier alpha value is -4.84. The van der Waals surface area contributed by atoms with Gasteiger partial charge in [0, 0.05) is 24.1 Å². The molecule has 6 heteroatoms. The minimum absolute atomic E-state index is 0.0705. The van der Waals surface area contributed by atoms with Crippen molar-refractivity contribution in [1.82, 2.24) is 0 Å². The third-order valence-electron chi connectivity index (χ3n) is 10.0. The largest absolute Gasteiger partial charge is 0.478 e. The molecule has 4 aromatic rings. The smallest absolute Gasteiger partial charge is 0.339 e. The van der Waals surface area contributed by atoms with E-state index in [0.29, 0.717) is 0 Å². The fraction of sp³-hybridized carbons (Fsp3) is 0.417. The number of rotatable bonds is 20. The molecule has 0 aromatic heterocycles. The lowest BCUT2D eigenvalue weighted by molar-refractivity contribution is 0.0514. The zero-order chi connectivity index (χ0) is 38.4. The van der Waals surface area contributed by atoms with Crippen molar-refractivity contribution in [3.63, 3.8) is 0 Å². The van der Waals surface area contributed by atoms with Crippen LogP contribution in [0.5, 0.6) is 0 Å². The molecular weight excluding hydrogens is 669 g/mol. The molecule has 6 nitrogen and oxygen atoms in total. The highest BCUT2D eigenvalue weighted by atomic mass is 16.5. The Kier molecular flexibility index (Phi) is 18.4. The first-order valence-corrected chi connectivity index (χ1v) is 20.4. The highest BCUT2D eigenvalue weighted by Crippen LogP contribution is 2.36. The number of esters is 1. The van der Waals surface area contributed by atoms with E-state index in [4.69, 9.17) is 4.74 Å². The molecule has 0 radical (unpaired) electrons. The second-order valence-corrected chi connectivity index (χ2v) is 14.1. The van der Waals surface area contributed by atoms with Crippen LogP contribution < -0.4 is 9.80 Å². The van der Waals surface area contributed by atoms with Crippen LogP contribution in [0.2, 0.25) is 0 Å². The van der Waals surface area contributed by atoms with Gasteiger partial charge in [0.1, 0.15) is 6.17 Å². The maximum absolute atomic E-state index is 12.4. The molecule has 1 heterocycles. The molecule has 1 atom stereocenters. The van der Waals surface area contributed by atoms with E-state index in [9.17, 15) is 14.7 Å². The topological polar surface area (TPSA) is 70.1 Å². The number of unbranched alkanes of at least 4 members (excludes halogenated alkanes) is 10. The molecule has 0 saturated heterocycles. The second-order valence-electron chi connectivity index (χ2n) is 14.1. The van der Waals surface area contributed by atoms with Gasteiger partial charge in [-0.05, 0) is 91.8 Å². The van der Waals surface area contributed by atoms with Crippen molar-refractivity contribution < 1.29 is 19.4 Å². The molecule has 1 N–H and O–H groups in total. The zero-order valence-corrected chi connectivity index (χ0v) is 32.9. The van der Waals surface area contributed by atoms with Crippen LogP contribution in [-0.4, -0.2) is 30.2 Å². The van der Waals surface area contributed by atoms with E-state index < -0.39 is 11.9 Å². The minimum atomic E-state index is -1.06. The summed E-state index contributed by atoms with van der Waals surface area (Å²) in [5.74, 6) is -1.60. The molecule has 0 aliphatic carbocycles. The van der Waals surface area contributed by atoms with Gasteiger partial charge in [0.05, 0.1) is 17.7 Å². The summed E-state index contributed by atoms with van der Waals surface area (Å²) in [5.41, 5.74) is 6.18. The van der Waals surface area contributed by atoms with Crippen LogP contribution in [0.4, 0.5) is 11.4 Å². The summed E-state index contributed by atoms with van der Waals surface area (Å²) in [7, 11) is 0. The highest BCUT2D eigenvalue weighted by Gasteiger charge is 2.28. The van der Waals surface area contributed by atoms with Crippen LogP contribution in [0, 0.1) is 0 Å². The normalized spacial score (nSPS) is 13.6. The summed E-state index contributed by atoms with van der Waals surface area (Å²) in [5, 5.41) is 9.66. The summed E-state index contributed by atoms with van der Waals surface area (Å²) >= 11 is 0. The second kappa shape index (κ2) is 23.7. The van der Waals surface area contributed by atoms with Crippen molar-refractivity contribution in [2.24, 2.45) is 0 Å². The Morgan fingerprint density at radius 2 is 1.11 bits per heavy atom. The van der Waals surface area contributed by atoms with Crippen molar-refractivity contribution in [3.8, 4) is 0 Å². The predicted molar refractivity (Wildman–Crippen MR) is 225 cm³/mol. The fourth-order valence-electron chi connectivity index (χ4n) is 7.17. The van der Waals surface area contributed by atoms with E-state index in [1.165, 1.54) is 81.1 Å². The first kappa shape index (κ1) is 41.9. The van der Waals surface area contributed by atoms with Crippen LogP contribution in [0.15, 0.2) is 115 Å². The summed E-state index contributed by atoms with van der Waals surface area (Å²) in [6.07, 6.45) is 20.8. The van der Waals surface area contributed by atoms with Crippen molar-refractivity contribution in [3.05, 3.63) is 143 Å². The van der Waals surface area contributed by atoms with Gasteiger partial charge in [-0.2, -0.15) is 0 Å². The number of benzene rings is 4.